The standard InChI is InChI=1S/C22H16N2O3/c1-15-12-13-18-23-19(16-8-4-2-5-9-16)20(21(25)24(18)14-15)27-22(26)17-10-6-3-7-11-17/h2-14H,1H3. The van der Waals surface area contributed by atoms with E-state index in [0.717, 1.165) is 5.56 Å². The van der Waals surface area contributed by atoms with Crippen LogP contribution < -0.4 is 10.3 Å². The Morgan fingerprint density at radius 2 is 1.59 bits per heavy atom. The summed E-state index contributed by atoms with van der Waals surface area (Å²) in [6.07, 6.45) is 1.68. The molecule has 0 spiro atoms. The van der Waals surface area contributed by atoms with E-state index in [1.807, 2.05) is 43.3 Å². The number of fused-ring (bicyclic) bond motifs is 1. The number of carbonyl (C=O) groups excluding carboxylic acids is 1. The predicted octanol–water partition coefficient (Wildman–Crippen LogP) is 3.89. The molecule has 0 radical (unpaired) electrons. The van der Waals surface area contributed by atoms with Crippen LogP contribution in [0.3, 0.4) is 0 Å². The van der Waals surface area contributed by atoms with Crippen LogP contribution in [0.5, 0.6) is 5.75 Å². The fourth-order valence-electron chi connectivity index (χ4n) is 2.84. The van der Waals surface area contributed by atoms with Crippen LogP contribution in [0.2, 0.25) is 0 Å². The fraction of sp³-hybridized carbons (Fsp3) is 0.0455. The zero-order chi connectivity index (χ0) is 18.8. The first-order valence-corrected chi connectivity index (χ1v) is 8.49. The molecule has 4 rings (SSSR count). The summed E-state index contributed by atoms with van der Waals surface area (Å²) in [5, 5.41) is 0. The maximum atomic E-state index is 13.1. The van der Waals surface area contributed by atoms with E-state index >= 15 is 0 Å². The van der Waals surface area contributed by atoms with E-state index in [4.69, 9.17) is 4.74 Å². The molecule has 0 aliphatic heterocycles. The molecule has 27 heavy (non-hydrogen) atoms. The summed E-state index contributed by atoms with van der Waals surface area (Å²) in [4.78, 5) is 30.2. The van der Waals surface area contributed by atoms with Crippen molar-refractivity contribution in [2.75, 3.05) is 0 Å². The highest BCUT2D eigenvalue weighted by Gasteiger charge is 2.20. The van der Waals surface area contributed by atoms with Gasteiger partial charge in [0, 0.05) is 11.8 Å². The second kappa shape index (κ2) is 6.88. The van der Waals surface area contributed by atoms with Gasteiger partial charge in [0.25, 0.3) is 0 Å². The second-order valence-electron chi connectivity index (χ2n) is 6.15. The third-order valence-corrected chi connectivity index (χ3v) is 4.18. The fourth-order valence-corrected chi connectivity index (χ4v) is 2.84. The van der Waals surface area contributed by atoms with E-state index in [-0.39, 0.29) is 5.75 Å². The molecule has 0 aliphatic carbocycles. The Morgan fingerprint density at radius 3 is 2.30 bits per heavy atom. The molecule has 4 aromatic rings. The van der Waals surface area contributed by atoms with Crippen LogP contribution in [0, 0.1) is 6.92 Å². The molecule has 2 heterocycles. The molecular formula is C22H16N2O3. The summed E-state index contributed by atoms with van der Waals surface area (Å²) in [6.45, 7) is 1.88. The van der Waals surface area contributed by atoms with E-state index in [9.17, 15) is 9.59 Å². The smallest absolute Gasteiger partial charge is 0.343 e. The Bertz CT molecular complexity index is 1180. The Balaban J connectivity index is 1.92. The van der Waals surface area contributed by atoms with Crippen LogP contribution in [0.25, 0.3) is 16.9 Å². The van der Waals surface area contributed by atoms with Gasteiger partial charge in [-0.15, -0.1) is 0 Å². The maximum absolute atomic E-state index is 13.1. The first kappa shape index (κ1) is 16.7. The quantitative estimate of drug-likeness (QED) is 0.523. The molecule has 5 nitrogen and oxygen atoms in total. The minimum atomic E-state index is -0.598. The summed E-state index contributed by atoms with van der Waals surface area (Å²) in [5.74, 6) is -0.683. The van der Waals surface area contributed by atoms with Crippen molar-refractivity contribution in [2.45, 2.75) is 6.92 Å². The molecule has 5 heteroatoms. The predicted molar refractivity (Wildman–Crippen MR) is 103 cm³/mol. The number of ether oxygens (including phenoxy) is 1. The molecule has 0 saturated heterocycles. The van der Waals surface area contributed by atoms with E-state index in [2.05, 4.69) is 4.98 Å². The van der Waals surface area contributed by atoms with Crippen LogP contribution >= 0.6 is 0 Å². The topological polar surface area (TPSA) is 60.7 Å². The molecule has 0 unspecified atom stereocenters. The number of aryl methyl sites for hydroxylation is 1. The van der Waals surface area contributed by atoms with Crippen molar-refractivity contribution >= 4 is 11.6 Å². The van der Waals surface area contributed by atoms with Gasteiger partial charge in [-0.05, 0) is 30.7 Å². The number of hydrogen-bond acceptors (Lipinski definition) is 4. The van der Waals surface area contributed by atoms with Crippen molar-refractivity contribution in [3.8, 4) is 17.0 Å². The summed E-state index contributed by atoms with van der Waals surface area (Å²) >= 11 is 0. The highest BCUT2D eigenvalue weighted by atomic mass is 16.5. The van der Waals surface area contributed by atoms with Crippen molar-refractivity contribution in [2.24, 2.45) is 0 Å². The van der Waals surface area contributed by atoms with Gasteiger partial charge in [-0.2, -0.15) is 0 Å². The van der Waals surface area contributed by atoms with E-state index in [0.29, 0.717) is 22.5 Å². The molecule has 0 bridgehead atoms. The van der Waals surface area contributed by atoms with Crippen LogP contribution in [-0.2, 0) is 0 Å². The zero-order valence-corrected chi connectivity index (χ0v) is 14.6. The van der Waals surface area contributed by atoms with Gasteiger partial charge in [0.05, 0.1) is 5.56 Å². The molecular weight excluding hydrogens is 340 g/mol. The first-order chi connectivity index (χ1) is 13.1. The number of pyridine rings is 1. The lowest BCUT2D eigenvalue weighted by Gasteiger charge is -2.11. The lowest BCUT2D eigenvalue weighted by atomic mass is 10.1. The van der Waals surface area contributed by atoms with Crippen LogP contribution in [0.15, 0.2) is 83.8 Å². The van der Waals surface area contributed by atoms with Crippen molar-refractivity contribution in [3.05, 3.63) is 100 Å². The lowest BCUT2D eigenvalue weighted by Crippen LogP contribution is -2.22. The lowest BCUT2D eigenvalue weighted by molar-refractivity contribution is 0.0732. The number of benzene rings is 2. The number of nitrogens with zero attached hydrogens (tertiary/aromatic N) is 2. The zero-order valence-electron chi connectivity index (χ0n) is 14.6. The van der Waals surface area contributed by atoms with E-state index in [1.165, 1.54) is 4.40 Å². The van der Waals surface area contributed by atoms with Gasteiger partial charge < -0.3 is 4.74 Å². The summed E-state index contributed by atoms with van der Waals surface area (Å²) < 4.78 is 6.93. The number of carbonyl (C=O) groups is 1. The van der Waals surface area contributed by atoms with E-state index < -0.39 is 11.5 Å². The van der Waals surface area contributed by atoms with Crippen molar-refractivity contribution in [3.63, 3.8) is 0 Å². The summed E-state index contributed by atoms with van der Waals surface area (Å²) in [6, 6.07) is 21.4. The average Bonchev–Trinajstić information content (AvgIpc) is 2.71. The number of esters is 1. The first-order valence-electron chi connectivity index (χ1n) is 8.49. The molecule has 0 aliphatic rings. The second-order valence-corrected chi connectivity index (χ2v) is 6.15. The van der Waals surface area contributed by atoms with Gasteiger partial charge >= 0.3 is 11.5 Å². The maximum Gasteiger partial charge on any atom is 0.343 e. The minimum Gasteiger partial charge on any atom is -0.415 e. The van der Waals surface area contributed by atoms with Crippen molar-refractivity contribution in [1.82, 2.24) is 9.38 Å². The normalized spacial score (nSPS) is 10.7. The average molecular weight is 356 g/mol. The number of rotatable bonds is 3. The van der Waals surface area contributed by atoms with Gasteiger partial charge in [0.1, 0.15) is 11.3 Å². The summed E-state index contributed by atoms with van der Waals surface area (Å²) in [7, 11) is 0. The molecule has 0 atom stereocenters. The van der Waals surface area contributed by atoms with Crippen molar-refractivity contribution < 1.29 is 9.53 Å². The van der Waals surface area contributed by atoms with E-state index in [1.54, 1.807) is 42.6 Å². The van der Waals surface area contributed by atoms with Crippen LogP contribution in [-0.4, -0.2) is 15.4 Å². The largest absolute Gasteiger partial charge is 0.415 e. The molecule has 0 N–H and O–H groups in total. The molecule has 0 saturated carbocycles. The van der Waals surface area contributed by atoms with Gasteiger partial charge in [-0.1, -0.05) is 54.6 Å². The van der Waals surface area contributed by atoms with Crippen LogP contribution in [0.1, 0.15) is 15.9 Å². The third kappa shape index (κ3) is 3.22. The highest BCUT2D eigenvalue weighted by Crippen LogP contribution is 2.26. The number of hydrogen-bond donors (Lipinski definition) is 0. The number of aromatic nitrogens is 2. The van der Waals surface area contributed by atoms with Crippen LogP contribution in [0.4, 0.5) is 0 Å². The molecule has 2 aromatic carbocycles. The molecule has 2 aromatic heterocycles. The highest BCUT2D eigenvalue weighted by molar-refractivity contribution is 5.91. The third-order valence-electron chi connectivity index (χ3n) is 4.18. The van der Waals surface area contributed by atoms with Gasteiger partial charge in [-0.3, -0.25) is 9.20 Å². The summed E-state index contributed by atoms with van der Waals surface area (Å²) in [5.41, 5.74) is 2.38. The van der Waals surface area contributed by atoms with Gasteiger partial charge in [0.15, 0.2) is 0 Å². The molecule has 132 valence electrons. The molecule has 0 amide bonds. The Hall–Kier alpha value is -3.73. The van der Waals surface area contributed by atoms with Gasteiger partial charge in [0.2, 0.25) is 5.75 Å². The molecule has 0 fully saturated rings. The van der Waals surface area contributed by atoms with Crippen molar-refractivity contribution in [1.29, 1.82) is 0 Å². The SMILES string of the molecule is Cc1ccc2nc(-c3ccccc3)c(OC(=O)c3ccccc3)c(=O)n2c1. The monoisotopic (exact) mass is 356 g/mol. The Morgan fingerprint density at radius 1 is 0.926 bits per heavy atom. The minimum absolute atomic E-state index is 0.0850. The Labute approximate surface area is 155 Å². The Kier molecular flexibility index (Phi) is 4.26. The van der Waals surface area contributed by atoms with Gasteiger partial charge in [-0.25, -0.2) is 9.78 Å².